The third-order valence-electron chi connectivity index (χ3n) is 4.78. The van der Waals surface area contributed by atoms with Gasteiger partial charge in [-0.2, -0.15) is 0 Å². The first-order valence-corrected chi connectivity index (χ1v) is 8.62. The van der Waals surface area contributed by atoms with Crippen LogP contribution >= 0.6 is 11.3 Å². The summed E-state index contributed by atoms with van der Waals surface area (Å²) >= 11 is 1.09. The van der Waals surface area contributed by atoms with E-state index in [0.29, 0.717) is 16.8 Å². The third kappa shape index (κ3) is 2.98. The molecule has 1 aliphatic heterocycles. The van der Waals surface area contributed by atoms with Gasteiger partial charge in [-0.25, -0.2) is 4.79 Å². The van der Waals surface area contributed by atoms with Crippen molar-refractivity contribution in [2.24, 2.45) is 5.92 Å². The van der Waals surface area contributed by atoms with Gasteiger partial charge in [-0.1, -0.05) is 19.3 Å². The Labute approximate surface area is 128 Å². The van der Waals surface area contributed by atoms with Crippen molar-refractivity contribution in [2.75, 3.05) is 6.54 Å². The first kappa shape index (κ1) is 14.6. The van der Waals surface area contributed by atoms with Crippen molar-refractivity contribution in [2.45, 2.75) is 51.0 Å². The predicted octanol–water partition coefficient (Wildman–Crippen LogP) is 3.63. The van der Waals surface area contributed by atoms with Crippen LogP contribution in [0, 0.1) is 5.92 Å². The van der Waals surface area contributed by atoms with Gasteiger partial charge in [0.05, 0.1) is 4.88 Å². The molecule has 2 aliphatic rings. The van der Waals surface area contributed by atoms with Gasteiger partial charge in [0.2, 0.25) is 0 Å². The number of carboxylic acid groups (broad SMARTS) is 1. The lowest BCUT2D eigenvalue weighted by molar-refractivity contribution is 0.0665. The molecule has 21 heavy (non-hydrogen) atoms. The second-order valence-electron chi connectivity index (χ2n) is 6.08. The van der Waals surface area contributed by atoms with Gasteiger partial charge in [0.25, 0.3) is 5.91 Å². The van der Waals surface area contributed by atoms with E-state index < -0.39 is 5.97 Å². The standard InChI is InChI=1S/C16H21NO3S/c18-15(13-8-9-14(21-13)16(19)20)17-10-4-7-12(17)11-5-2-1-3-6-11/h8-9,11-12H,1-7,10H2,(H,19,20). The van der Waals surface area contributed by atoms with Crippen molar-refractivity contribution in [3.8, 4) is 0 Å². The second kappa shape index (κ2) is 6.18. The molecule has 1 aromatic rings. The minimum absolute atomic E-state index is 0.0283. The lowest BCUT2D eigenvalue weighted by Crippen LogP contribution is -2.40. The third-order valence-corrected chi connectivity index (χ3v) is 5.84. The van der Waals surface area contributed by atoms with Crippen LogP contribution in [0.2, 0.25) is 0 Å². The first-order valence-electron chi connectivity index (χ1n) is 7.81. The molecular weight excluding hydrogens is 286 g/mol. The number of carbonyl (C=O) groups excluding carboxylic acids is 1. The zero-order valence-electron chi connectivity index (χ0n) is 12.1. The van der Waals surface area contributed by atoms with Crippen molar-refractivity contribution in [3.63, 3.8) is 0 Å². The molecule has 2 heterocycles. The SMILES string of the molecule is O=C(O)c1ccc(C(=O)N2CCCC2C2CCCCC2)s1. The van der Waals surface area contributed by atoms with Gasteiger partial charge in [-0.3, -0.25) is 4.79 Å². The Morgan fingerprint density at radius 2 is 1.76 bits per heavy atom. The van der Waals surface area contributed by atoms with Crippen molar-refractivity contribution in [1.29, 1.82) is 0 Å². The highest BCUT2D eigenvalue weighted by molar-refractivity contribution is 7.15. The molecular formula is C16H21NO3S. The topological polar surface area (TPSA) is 57.6 Å². The molecule has 1 amide bonds. The molecule has 5 heteroatoms. The number of carboxylic acids is 1. The monoisotopic (exact) mass is 307 g/mol. The molecule has 1 atom stereocenters. The minimum atomic E-state index is -0.954. The Morgan fingerprint density at radius 1 is 1.05 bits per heavy atom. The Morgan fingerprint density at radius 3 is 2.43 bits per heavy atom. The van der Waals surface area contributed by atoms with Crippen LogP contribution in [0.5, 0.6) is 0 Å². The average molecular weight is 307 g/mol. The maximum Gasteiger partial charge on any atom is 0.345 e. The van der Waals surface area contributed by atoms with Gasteiger partial charge >= 0.3 is 5.97 Å². The molecule has 2 fully saturated rings. The number of nitrogens with zero attached hydrogens (tertiary/aromatic N) is 1. The summed E-state index contributed by atoms with van der Waals surface area (Å²) in [7, 11) is 0. The summed E-state index contributed by atoms with van der Waals surface area (Å²) in [6.45, 7) is 0.820. The van der Waals surface area contributed by atoms with Crippen LogP contribution < -0.4 is 0 Å². The highest BCUT2D eigenvalue weighted by Gasteiger charge is 2.36. The van der Waals surface area contributed by atoms with Gasteiger partial charge in [0.15, 0.2) is 0 Å². The van der Waals surface area contributed by atoms with E-state index in [1.807, 2.05) is 4.90 Å². The van der Waals surface area contributed by atoms with E-state index in [1.165, 1.54) is 38.2 Å². The lowest BCUT2D eigenvalue weighted by Gasteiger charge is -2.33. The quantitative estimate of drug-likeness (QED) is 0.927. The maximum atomic E-state index is 12.7. The first-order chi connectivity index (χ1) is 10.2. The summed E-state index contributed by atoms with van der Waals surface area (Å²) in [6, 6.07) is 3.56. The van der Waals surface area contributed by atoms with Crippen molar-refractivity contribution in [1.82, 2.24) is 4.90 Å². The Hall–Kier alpha value is -1.36. The van der Waals surface area contributed by atoms with E-state index in [2.05, 4.69) is 0 Å². The van der Waals surface area contributed by atoms with E-state index in [9.17, 15) is 9.59 Å². The van der Waals surface area contributed by atoms with Gasteiger partial charge in [0.1, 0.15) is 4.88 Å². The molecule has 1 aliphatic carbocycles. The largest absolute Gasteiger partial charge is 0.477 e. The van der Waals surface area contributed by atoms with Crippen molar-refractivity contribution >= 4 is 23.2 Å². The van der Waals surface area contributed by atoms with E-state index in [1.54, 1.807) is 6.07 Å². The van der Waals surface area contributed by atoms with E-state index in [4.69, 9.17) is 5.11 Å². The van der Waals surface area contributed by atoms with Crippen LogP contribution in [0.3, 0.4) is 0 Å². The van der Waals surface area contributed by atoms with Gasteiger partial charge in [-0.15, -0.1) is 11.3 Å². The number of hydrogen-bond acceptors (Lipinski definition) is 3. The van der Waals surface area contributed by atoms with Gasteiger partial charge in [-0.05, 0) is 43.7 Å². The maximum absolute atomic E-state index is 12.7. The smallest absolute Gasteiger partial charge is 0.345 e. The number of aromatic carboxylic acids is 1. The lowest BCUT2D eigenvalue weighted by atomic mass is 9.83. The molecule has 1 unspecified atom stereocenters. The predicted molar refractivity (Wildman–Crippen MR) is 81.9 cm³/mol. The summed E-state index contributed by atoms with van der Waals surface area (Å²) in [5, 5.41) is 8.99. The number of likely N-dealkylation sites (tertiary alicyclic amines) is 1. The zero-order valence-corrected chi connectivity index (χ0v) is 12.9. The van der Waals surface area contributed by atoms with Crippen LogP contribution in [-0.4, -0.2) is 34.5 Å². The summed E-state index contributed by atoms with van der Waals surface area (Å²) in [5.74, 6) is -0.283. The van der Waals surface area contributed by atoms with Crippen LogP contribution in [0.4, 0.5) is 0 Å². The Kier molecular flexibility index (Phi) is 4.29. The fraction of sp³-hybridized carbons (Fsp3) is 0.625. The van der Waals surface area contributed by atoms with Crippen LogP contribution in [0.1, 0.15) is 64.3 Å². The number of rotatable bonds is 3. The highest BCUT2D eigenvalue weighted by Crippen LogP contribution is 2.35. The molecule has 0 spiro atoms. The average Bonchev–Trinajstić information content (AvgIpc) is 3.17. The molecule has 4 nitrogen and oxygen atoms in total. The van der Waals surface area contributed by atoms with Crippen molar-refractivity contribution < 1.29 is 14.7 Å². The summed E-state index contributed by atoms with van der Waals surface area (Å²) in [5.41, 5.74) is 0. The minimum Gasteiger partial charge on any atom is -0.477 e. The second-order valence-corrected chi connectivity index (χ2v) is 7.16. The number of amides is 1. The number of hydrogen-bond donors (Lipinski definition) is 1. The number of thiophene rings is 1. The summed E-state index contributed by atoms with van der Waals surface area (Å²) in [4.78, 5) is 26.4. The summed E-state index contributed by atoms with van der Waals surface area (Å²) in [6.07, 6.45) is 8.54. The molecule has 0 aromatic carbocycles. The van der Waals surface area contributed by atoms with Gasteiger partial charge in [0, 0.05) is 12.6 Å². The highest BCUT2D eigenvalue weighted by atomic mass is 32.1. The van der Waals surface area contributed by atoms with Crippen LogP contribution in [0.15, 0.2) is 12.1 Å². The fourth-order valence-electron chi connectivity index (χ4n) is 3.76. The Balaban J connectivity index is 1.74. The summed E-state index contributed by atoms with van der Waals surface area (Å²) < 4.78 is 0. The zero-order chi connectivity index (χ0) is 14.8. The van der Waals surface area contributed by atoms with E-state index in [-0.39, 0.29) is 10.8 Å². The molecule has 0 bridgehead atoms. The van der Waals surface area contributed by atoms with E-state index in [0.717, 1.165) is 30.7 Å². The molecule has 1 N–H and O–H groups in total. The van der Waals surface area contributed by atoms with Crippen LogP contribution in [0.25, 0.3) is 0 Å². The number of carbonyl (C=O) groups is 2. The van der Waals surface area contributed by atoms with E-state index >= 15 is 0 Å². The Bertz CT molecular complexity index is 533. The fourth-order valence-corrected chi connectivity index (χ4v) is 4.56. The van der Waals surface area contributed by atoms with Gasteiger partial charge < -0.3 is 10.0 Å². The molecule has 1 saturated heterocycles. The molecule has 1 saturated carbocycles. The normalized spacial score (nSPS) is 23.4. The molecule has 0 radical (unpaired) electrons. The van der Waals surface area contributed by atoms with Crippen molar-refractivity contribution in [3.05, 3.63) is 21.9 Å². The molecule has 3 rings (SSSR count). The molecule has 1 aromatic heterocycles. The molecule has 114 valence electrons. The van der Waals surface area contributed by atoms with Crippen LogP contribution in [-0.2, 0) is 0 Å².